The Bertz CT molecular complexity index is 660. The first-order valence-corrected chi connectivity index (χ1v) is 8.14. The number of piperidine rings is 1. The van der Waals surface area contributed by atoms with Crippen LogP contribution in [0.2, 0.25) is 0 Å². The highest BCUT2D eigenvalue weighted by atomic mass is 16.5. The molecule has 1 amide bonds. The van der Waals surface area contributed by atoms with Crippen LogP contribution in [0.1, 0.15) is 55.6 Å². The number of fused-ring (bicyclic) bond motifs is 1. The van der Waals surface area contributed by atoms with Crippen molar-refractivity contribution in [2.24, 2.45) is 0 Å². The van der Waals surface area contributed by atoms with Gasteiger partial charge in [0.1, 0.15) is 0 Å². The molecule has 23 heavy (non-hydrogen) atoms. The number of likely N-dealkylation sites (tertiary alicyclic amines) is 1. The minimum Gasteiger partial charge on any atom is -0.343 e. The van der Waals surface area contributed by atoms with E-state index < -0.39 is 0 Å². The summed E-state index contributed by atoms with van der Waals surface area (Å²) >= 11 is 0. The van der Waals surface area contributed by atoms with Gasteiger partial charge in [-0.2, -0.15) is 4.98 Å². The van der Waals surface area contributed by atoms with Crippen LogP contribution >= 0.6 is 0 Å². The number of hydrogen-bond donors (Lipinski definition) is 0. The van der Waals surface area contributed by atoms with Crippen LogP contribution < -0.4 is 0 Å². The van der Waals surface area contributed by atoms with Crippen molar-refractivity contribution in [1.29, 1.82) is 0 Å². The number of aryl methyl sites for hydroxylation is 1. The summed E-state index contributed by atoms with van der Waals surface area (Å²) in [5.74, 6) is 1.67. The van der Waals surface area contributed by atoms with Crippen LogP contribution in [0.5, 0.6) is 0 Å². The number of tetrazole rings is 1. The molecule has 4 heterocycles. The van der Waals surface area contributed by atoms with Gasteiger partial charge in [-0.3, -0.25) is 4.79 Å². The number of aromatic nitrogens is 6. The monoisotopic (exact) mass is 317 g/mol. The zero-order chi connectivity index (χ0) is 15.6. The summed E-state index contributed by atoms with van der Waals surface area (Å²) in [6.07, 6.45) is 5.94. The fourth-order valence-electron chi connectivity index (χ4n) is 3.53. The molecule has 0 aliphatic carbocycles. The van der Waals surface area contributed by atoms with Gasteiger partial charge in [-0.15, -0.1) is 5.10 Å². The normalized spacial score (nSPS) is 22.6. The molecular formula is C14H19N7O2. The molecule has 9 nitrogen and oxygen atoms in total. The third-order valence-electron chi connectivity index (χ3n) is 4.83. The van der Waals surface area contributed by atoms with Crippen LogP contribution in [-0.2, 0) is 11.3 Å². The summed E-state index contributed by atoms with van der Waals surface area (Å²) in [7, 11) is 0. The highest BCUT2D eigenvalue weighted by molar-refractivity contribution is 5.83. The molecule has 0 spiro atoms. The first kappa shape index (κ1) is 14.3. The number of amides is 1. The second kappa shape index (κ2) is 6.05. The summed E-state index contributed by atoms with van der Waals surface area (Å²) in [5, 5.41) is 15.7. The maximum Gasteiger partial charge on any atom is 0.233 e. The molecule has 2 aromatic rings. The summed E-state index contributed by atoms with van der Waals surface area (Å²) in [4.78, 5) is 19.0. The molecule has 1 atom stereocenters. The first-order chi connectivity index (χ1) is 11.3. The largest absolute Gasteiger partial charge is 0.343 e. The van der Waals surface area contributed by atoms with Gasteiger partial charge >= 0.3 is 0 Å². The quantitative estimate of drug-likeness (QED) is 0.804. The van der Waals surface area contributed by atoms with E-state index in [1.807, 2.05) is 4.90 Å². The number of carbonyl (C=O) groups is 1. The van der Waals surface area contributed by atoms with Gasteiger partial charge in [0.15, 0.2) is 11.6 Å². The van der Waals surface area contributed by atoms with E-state index in [1.165, 1.54) is 6.39 Å². The van der Waals surface area contributed by atoms with E-state index in [1.54, 1.807) is 4.68 Å². The zero-order valence-corrected chi connectivity index (χ0v) is 12.8. The minimum atomic E-state index is -0.214. The van der Waals surface area contributed by atoms with Crippen molar-refractivity contribution in [3.05, 3.63) is 18.0 Å². The fraction of sp³-hybridized carbons (Fsp3) is 0.714. The second-order valence-electron chi connectivity index (χ2n) is 6.20. The highest BCUT2D eigenvalue weighted by Gasteiger charge is 2.34. The predicted molar refractivity (Wildman–Crippen MR) is 77.3 cm³/mol. The van der Waals surface area contributed by atoms with Gasteiger partial charge in [0.2, 0.25) is 12.3 Å². The summed E-state index contributed by atoms with van der Waals surface area (Å²) in [6, 6.07) is 0. The number of nitrogens with zero attached hydrogens (tertiary/aromatic N) is 7. The van der Waals surface area contributed by atoms with E-state index in [-0.39, 0.29) is 17.7 Å². The van der Waals surface area contributed by atoms with Gasteiger partial charge in [0, 0.05) is 25.6 Å². The lowest BCUT2D eigenvalue weighted by molar-refractivity contribution is -0.134. The molecule has 2 aromatic heterocycles. The fourth-order valence-corrected chi connectivity index (χ4v) is 3.53. The molecule has 4 rings (SSSR count). The maximum absolute atomic E-state index is 12.9. The Hall–Kier alpha value is -2.32. The van der Waals surface area contributed by atoms with Gasteiger partial charge < -0.3 is 9.42 Å². The van der Waals surface area contributed by atoms with Crippen molar-refractivity contribution in [2.75, 3.05) is 13.1 Å². The Labute approximate surface area is 133 Å². The SMILES string of the molecule is O=C(C1CCCCn2nnnc21)N1CCC(c2ncon2)CC1. The predicted octanol–water partition coefficient (Wildman–Crippen LogP) is 0.730. The third kappa shape index (κ3) is 2.71. The molecule has 1 unspecified atom stereocenters. The zero-order valence-electron chi connectivity index (χ0n) is 12.8. The van der Waals surface area contributed by atoms with Crippen molar-refractivity contribution in [3.63, 3.8) is 0 Å². The average molecular weight is 317 g/mol. The van der Waals surface area contributed by atoms with Gasteiger partial charge in [-0.05, 0) is 36.1 Å². The lowest BCUT2D eigenvalue weighted by Crippen LogP contribution is -2.41. The van der Waals surface area contributed by atoms with Crippen molar-refractivity contribution in [1.82, 2.24) is 35.2 Å². The van der Waals surface area contributed by atoms with Gasteiger partial charge in [-0.1, -0.05) is 11.6 Å². The Morgan fingerprint density at radius 2 is 2.04 bits per heavy atom. The smallest absolute Gasteiger partial charge is 0.233 e. The van der Waals surface area contributed by atoms with Crippen LogP contribution in [0.3, 0.4) is 0 Å². The van der Waals surface area contributed by atoms with Crippen molar-refractivity contribution >= 4 is 5.91 Å². The molecule has 9 heteroatoms. The molecule has 0 N–H and O–H groups in total. The average Bonchev–Trinajstić information content (AvgIpc) is 3.24. The molecule has 2 aliphatic heterocycles. The Morgan fingerprint density at radius 3 is 2.83 bits per heavy atom. The number of rotatable bonds is 2. The van der Waals surface area contributed by atoms with Crippen LogP contribution in [0.4, 0.5) is 0 Å². The highest BCUT2D eigenvalue weighted by Crippen LogP contribution is 2.30. The Kier molecular flexibility index (Phi) is 3.76. The van der Waals surface area contributed by atoms with Gasteiger partial charge in [0.05, 0.1) is 5.92 Å². The molecule has 0 bridgehead atoms. The number of carbonyl (C=O) groups excluding carboxylic acids is 1. The lowest BCUT2D eigenvalue weighted by Gasteiger charge is -2.32. The first-order valence-electron chi connectivity index (χ1n) is 8.14. The van der Waals surface area contributed by atoms with Crippen LogP contribution in [0.15, 0.2) is 10.9 Å². The van der Waals surface area contributed by atoms with Crippen LogP contribution in [-0.4, -0.2) is 54.2 Å². The Balaban J connectivity index is 1.44. The van der Waals surface area contributed by atoms with E-state index in [9.17, 15) is 4.79 Å². The molecule has 122 valence electrons. The van der Waals surface area contributed by atoms with E-state index in [0.717, 1.165) is 57.6 Å². The summed E-state index contributed by atoms with van der Waals surface area (Å²) < 4.78 is 6.59. The molecule has 1 saturated heterocycles. The molecule has 0 saturated carbocycles. The Morgan fingerprint density at radius 1 is 1.17 bits per heavy atom. The van der Waals surface area contributed by atoms with E-state index in [0.29, 0.717) is 5.82 Å². The molecule has 0 aromatic carbocycles. The summed E-state index contributed by atoms with van der Waals surface area (Å²) in [6.45, 7) is 2.23. The van der Waals surface area contributed by atoms with Gasteiger partial charge in [0.25, 0.3) is 0 Å². The van der Waals surface area contributed by atoms with Crippen molar-refractivity contribution in [2.45, 2.75) is 50.5 Å². The minimum absolute atomic E-state index is 0.148. The van der Waals surface area contributed by atoms with Crippen molar-refractivity contribution in [3.8, 4) is 0 Å². The van der Waals surface area contributed by atoms with Crippen molar-refractivity contribution < 1.29 is 9.32 Å². The van der Waals surface area contributed by atoms with E-state index in [2.05, 4.69) is 25.7 Å². The third-order valence-corrected chi connectivity index (χ3v) is 4.83. The second-order valence-corrected chi connectivity index (χ2v) is 6.20. The van der Waals surface area contributed by atoms with E-state index in [4.69, 9.17) is 4.52 Å². The van der Waals surface area contributed by atoms with E-state index >= 15 is 0 Å². The number of hydrogen-bond acceptors (Lipinski definition) is 7. The van der Waals surface area contributed by atoms with Crippen LogP contribution in [0.25, 0.3) is 0 Å². The molecule has 0 radical (unpaired) electrons. The maximum atomic E-state index is 12.9. The molecular weight excluding hydrogens is 298 g/mol. The van der Waals surface area contributed by atoms with Crippen LogP contribution in [0, 0.1) is 0 Å². The standard InChI is InChI=1S/C14H19N7O2/c22-14(11-3-1-2-6-21-13(11)16-18-19-21)20-7-4-10(5-8-20)12-15-9-23-17-12/h9-11H,1-8H2. The molecule has 1 fully saturated rings. The molecule has 2 aliphatic rings. The lowest BCUT2D eigenvalue weighted by atomic mass is 9.94. The van der Waals surface area contributed by atoms with Gasteiger partial charge in [-0.25, -0.2) is 4.68 Å². The summed E-state index contributed by atoms with van der Waals surface area (Å²) in [5.41, 5.74) is 0. The topological polar surface area (TPSA) is 103 Å².